The standard InChI is InChI=1S/C26H35N3O5/c1-8-13-34-19-10-9-18(14-20(19)33-7)23-22(24(30)21-15(2)16(3)27-17(21)4)25(31)26(32)29(23)12-11-28(5)6/h9-10,14,23,27,30H,8,11-13H2,1-7H3/b24-22+. The average Bonchev–Trinajstić information content (AvgIpc) is 3.21. The summed E-state index contributed by atoms with van der Waals surface area (Å²) in [6, 6.07) is 4.64. The van der Waals surface area contributed by atoms with Crippen molar-refractivity contribution < 1.29 is 24.2 Å². The lowest BCUT2D eigenvalue weighted by atomic mass is 9.94. The Bertz CT molecular complexity index is 1120. The Kier molecular flexibility index (Phi) is 7.71. The molecule has 0 saturated carbocycles. The molecule has 1 aliphatic rings. The number of methoxy groups -OCH3 is 1. The van der Waals surface area contributed by atoms with E-state index in [0.717, 1.165) is 23.4 Å². The third-order valence-corrected chi connectivity index (χ3v) is 6.22. The van der Waals surface area contributed by atoms with Crippen LogP contribution in [-0.4, -0.2) is 72.5 Å². The number of nitrogens with one attached hydrogen (secondary N) is 1. The zero-order valence-electron chi connectivity index (χ0n) is 21.1. The molecule has 1 aromatic carbocycles. The van der Waals surface area contributed by atoms with Crippen LogP contribution in [0.1, 0.15) is 47.5 Å². The van der Waals surface area contributed by atoms with Crippen molar-refractivity contribution >= 4 is 17.4 Å². The molecule has 1 aliphatic heterocycles. The van der Waals surface area contributed by atoms with Crippen molar-refractivity contribution in [1.82, 2.24) is 14.8 Å². The van der Waals surface area contributed by atoms with Gasteiger partial charge in [0.15, 0.2) is 11.5 Å². The van der Waals surface area contributed by atoms with E-state index in [0.29, 0.717) is 42.3 Å². The minimum absolute atomic E-state index is 0.0817. The number of rotatable bonds is 9. The number of likely N-dealkylation sites (N-methyl/N-ethyl adjacent to an activating group) is 1. The molecule has 184 valence electrons. The van der Waals surface area contributed by atoms with Gasteiger partial charge in [-0.2, -0.15) is 0 Å². The van der Waals surface area contributed by atoms with Crippen molar-refractivity contribution in [2.45, 2.75) is 40.2 Å². The predicted molar refractivity (Wildman–Crippen MR) is 131 cm³/mol. The SMILES string of the molecule is CCCOc1ccc(C2/C(=C(\O)c3c(C)[nH]c(C)c3C)C(=O)C(=O)N2CCN(C)C)cc1OC. The fraction of sp³-hybridized carbons (Fsp3) is 0.462. The molecule has 34 heavy (non-hydrogen) atoms. The molecule has 0 spiro atoms. The Morgan fingerprint density at radius 3 is 2.41 bits per heavy atom. The topological polar surface area (TPSA) is 95.1 Å². The van der Waals surface area contributed by atoms with Crippen LogP contribution in [0.15, 0.2) is 23.8 Å². The predicted octanol–water partition coefficient (Wildman–Crippen LogP) is 3.72. The van der Waals surface area contributed by atoms with Crippen molar-refractivity contribution in [3.63, 3.8) is 0 Å². The van der Waals surface area contributed by atoms with Gasteiger partial charge >= 0.3 is 0 Å². The summed E-state index contributed by atoms with van der Waals surface area (Å²) in [4.78, 5) is 33.1. The number of nitrogens with zero attached hydrogens (tertiary/aromatic N) is 2. The van der Waals surface area contributed by atoms with Crippen LogP contribution in [0.2, 0.25) is 0 Å². The molecule has 1 fully saturated rings. The van der Waals surface area contributed by atoms with Crippen LogP contribution < -0.4 is 9.47 Å². The van der Waals surface area contributed by atoms with Crippen LogP contribution in [0.3, 0.4) is 0 Å². The molecule has 1 aromatic heterocycles. The highest BCUT2D eigenvalue weighted by Crippen LogP contribution is 2.42. The minimum Gasteiger partial charge on any atom is -0.507 e. The molecule has 0 radical (unpaired) electrons. The number of amides is 1. The zero-order valence-corrected chi connectivity index (χ0v) is 21.1. The lowest BCUT2D eigenvalue weighted by molar-refractivity contribution is -0.140. The van der Waals surface area contributed by atoms with Gasteiger partial charge in [-0.1, -0.05) is 13.0 Å². The summed E-state index contributed by atoms with van der Waals surface area (Å²) in [6.45, 7) is 9.10. The quantitative estimate of drug-likeness (QED) is 0.330. The van der Waals surface area contributed by atoms with E-state index in [-0.39, 0.29) is 11.3 Å². The summed E-state index contributed by atoms with van der Waals surface area (Å²) >= 11 is 0. The molecule has 8 nitrogen and oxygen atoms in total. The molecule has 0 bridgehead atoms. The van der Waals surface area contributed by atoms with Crippen LogP contribution in [0.4, 0.5) is 0 Å². The largest absolute Gasteiger partial charge is 0.507 e. The Morgan fingerprint density at radius 1 is 1.15 bits per heavy atom. The van der Waals surface area contributed by atoms with Gasteiger partial charge in [-0.05, 0) is 64.5 Å². The molecule has 8 heteroatoms. The van der Waals surface area contributed by atoms with Gasteiger partial charge in [-0.25, -0.2) is 0 Å². The number of carbonyl (C=O) groups excluding carboxylic acids is 2. The van der Waals surface area contributed by atoms with E-state index in [9.17, 15) is 14.7 Å². The molecular formula is C26H35N3O5. The molecular weight excluding hydrogens is 434 g/mol. The Morgan fingerprint density at radius 2 is 1.85 bits per heavy atom. The summed E-state index contributed by atoms with van der Waals surface area (Å²) in [7, 11) is 5.36. The molecule has 2 heterocycles. The number of aromatic amines is 1. The Balaban J connectivity index is 2.20. The summed E-state index contributed by atoms with van der Waals surface area (Å²) in [5.74, 6) is -0.383. The molecule has 3 rings (SSSR count). The first kappa shape index (κ1) is 25.4. The fourth-order valence-electron chi connectivity index (χ4n) is 4.35. The molecule has 2 aromatic rings. The third kappa shape index (κ3) is 4.68. The molecule has 1 atom stereocenters. The van der Waals surface area contributed by atoms with E-state index in [4.69, 9.17) is 9.47 Å². The second-order valence-electron chi connectivity index (χ2n) is 8.93. The third-order valence-electron chi connectivity index (χ3n) is 6.22. The van der Waals surface area contributed by atoms with Crippen molar-refractivity contribution in [2.75, 3.05) is 40.9 Å². The van der Waals surface area contributed by atoms with Gasteiger partial charge in [-0.15, -0.1) is 0 Å². The molecule has 0 aliphatic carbocycles. The number of ketones is 1. The first-order valence-corrected chi connectivity index (χ1v) is 11.5. The van der Waals surface area contributed by atoms with Gasteiger partial charge in [0, 0.05) is 30.0 Å². The zero-order chi connectivity index (χ0) is 25.2. The van der Waals surface area contributed by atoms with Gasteiger partial charge < -0.3 is 29.4 Å². The van der Waals surface area contributed by atoms with Crippen LogP contribution in [0.5, 0.6) is 11.5 Å². The first-order chi connectivity index (χ1) is 16.1. The Hall–Kier alpha value is -3.26. The maximum atomic E-state index is 13.3. The van der Waals surface area contributed by atoms with Crippen LogP contribution in [-0.2, 0) is 9.59 Å². The Labute approximate surface area is 201 Å². The smallest absolute Gasteiger partial charge is 0.295 e. The molecule has 1 amide bonds. The minimum atomic E-state index is -0.747. The average molecular weight is 470 g/mol. The number of aryl methyl sites for hydroxylation is 2. The molecule has 2 N–H and O–H groups in total. The fourth-order valence-corrected chi connectivity index (χ4v) is 4.35. The van der Waals surface area contributed by atoms with Gasteiger partial charge in [0.2, 0.25) is 0 Å². The number of H-pyrrole nitrogens is 1. The van der Waals surface area contributed by atoms with E-state index in [1.807, 2.05) is 52.8 Å². The maximum Gasteiger partial charge on any atom is 0.295 e. The number of aliphatic hydroxyl groups is 1. The van der Waals surface area contributed by atoms with Crippen LogP contribution in [0, 0.1) is 20.8 Å². The molecule has 1 saturated heterocycles. The van der Waals surface area contributed by atoms with E-state index in [1.165, 1.54) is 4.90 Å². The second kappa shape index (κ2) is 10.3. The normalized spacial score (nSPS) is 17.6. The monoisotopic (exact) mass is 469 g/mol. The van der Waals surface area contributed by atoms with E-state index >= 15 is 0 Å². The number of hydrogen-bond acceptors (Lipinski definition) is 6. The summed E-state index contributed by atoms with van der Waals surface area (Å²) in [5.41, 5.74) is 3.79. The second-order valence-corrected chi connectivity index (χ2v) is 8.93. The summed E-state index contributed by atoms with van der Waals surface area (Å²) in [5, 5.41) is 11.4. The maximum absolute atomic E-state index is 13.3. The highest BCUT2D eigenvalue weighted by atomic mass is 16.5. The van der Waals surface area contributed by atoms with Crippen molar-refractivity contribution in [3.8, 4) is 11.5 Å². The lowest BCUT2D eigenvalue weighted by Gasteiger charge is -2.27. The molecule has 1 unspecified atom stereocenters. The summed E-state index contributed by atoms with van der Waals surface area (Å²) in [6.07, 6.45) is 0.852. The van der Waals surface area contributed by atoms with E-state index in [1.54, 1.807) is 19.2 Å². The highest BCUT2D eigenvalue weighted by Gasteiger charge is 2.46. The highest BCUT2D eigenvalue weighted by molar-refractivity contribution is 6.46. The number of aromatic nitrogens is 1. The van der Waals surface area contributed by atoms with Crippen LogP contribution in [0.25, 0.3) is 5.76 Å². The number of hydrogen-bond donors (Lipinski definition) is 2. The number of likely N-dealkylation sites (tertiary alicyclic amines) is 1. The van der Waals surface area contributed by atoms with Crippen molar-refractivity contribution in [3.05, 3.63) is 51.9 Å². The summed E-state index contributed by atoms with van der Waals surface area (Å²) < 4.78 is 11.3. The van der Waals surface area contributed by atoms with Crippen molar-refractivity contribution in [1.29, 1.82) is 0 Å². The number of Topliss-reactive ketones (excluding diaryl/α,β-unsaturated/α-hetero) is 1. The van der Waals surface area contributed by atoms with Crippen LogP contribution >= 0.6 is 0 Å². The number of benzene rings is 1. The van der Waals surface area contributed by atoms with E-state index in [2.05, 4.69) is 4.98 Å². The van der Waals surface area contributed by atoms with Gasteiger partial charge in [0.1, 0.15) is 5.76 Å². The van der Waals surface area contributed by atoms with Gasteiger partial charge in [0.05, 0.1) is 25.3 Å². The lowest BCUT2D eigenvalue weighted by Crippen LogP contribution is -2.35. The van der Waals surface area contributed by atoms with E-state index < -0.39 is 17.7 Å². The number of ether oxygens (including phenoxy) is 2. The van der Waals surface area contributed by atoms with Gasteiger partial charge in [-0.3, -0.25) is 9.59 Å². The number of aliphatic hydroxyl groups excluding tert-OH is 1. The van der Waals surface area contributed by atoms with Gasteiger partial charge in [0.25, 0.3) is 11.7 Å². The first-order valence-electron chi connectivity index (χ1n) is 11.5. The number of carbonyl (C=O) groups is 2. The van der Waals surface area contributed by atoms with Crippen molar-refractivity contribution in [2.24, 2.45) is 0 Å².